The van der Waals surface area contributed by atoms with Gasteiger partial charge < -0.3 is 4.52 Å². The maximum Gasteiger partial charge on any atom is 0.471 e. The number of benzene rings is 1. The molecule has 0 saturated heterocycles. The smallest absolute Gasteiger partial charge is 0.329 e. The molecule has 0 radical (unpaired) electrons. The summed E-state index contributed by atoms with van der Waals surface area (Å²) >= 11 is 0. The van der Waals surface area contributed by atoms with E-state index in [0.29, 0.717) is 16.2 Å². The van der Waals surface area contributed by atoms with Crippen molar-refractivity contribution in [3.8, 4) is 11.4 Å². The number of hydrogen-bond donors (Lipinski definition) is 1. The molecule has 9 heteroatoms. The summed E-state index contributed by atoms with van der Waals surface area (Å²) in [6, 6.07) is 6.15. The minimum Gasteiger partial charge on any atom is -0.329 e. The highest BCUT2D eigenvalue weighted by Crippen LogP contribution is 2.39. The van der Waals surface area contributed by atoms with Crippen LogP contribution in [0.1, 0.15) is 24.8 Å². The van der Waals surface area contributed by atoms with Gasteiger partial charge in [0, 0.05) is 11.5 Å². The van der Waals surface area contributed by atoms with E-state index in [1.807, 2.05) is 6.92 Å². The summed E-state index contributed by atoms with van der Waals surface area (Å²) in [5.74, 6) is -1.76. The summed E-state index contributed by atoms with van der Waals surface area (Å²) in [6.45, 7) is 1.94. The topological polar surface area (TPSA) is 79.5 Å². The van der Waals surface area contributed by atoms with Gasteiger partial charge >= 0.3 is 12.1 Å². The van der Waals surface area contributed by atoms with Gasteiger partial charge in [-0.25, -0.2) is 5.06 Å². The molecule has 2 unspecified atom stereocenters. The summed E-state index contributed by atoms with van der Waals surface area (Å²) < 4.78 is 41.5. The summed E-state index contributed by atoms with van der Waals surface area (Å²) in [4.78, 5) is 15.1. The maximum atomic E-state index is 12.4. The van der Waals surface area contributed by atoms with Crippen LogP contribution in [0, 0.1) is 11.8 Å². The van der Waals surface area contributed by atoms with Gasteiger partial charge in [0.1, 0.15) is 0 Å². The monoisotopic (exact) mass is 341 g/mol. The Morgan fingerprint density at radius 1 is 1.38 bits per heavy atom. The van der Waals surface area contributed by atoms with E-state index in [9.17, 15) is 23.2 Å². The van der Waals surface area contributed by atoms with Crippen LogP contribution in [0.3, 0.4) is 0 Å². The number of rotatable bonds is 4. The molecule has 2 aromatic rings. The molecule has 2 atom stereocenters. The molecule has 1 aliphatic carbocycles. The molecule has 1 aromatic carbocycles. The number of carbonyl (C=O) groups is 1. The van der Waals surface area contributed by atoms with E-state index in [2.05, 4.69) is 14.7 Å². The number of hydroxylamine groups is 2. The lowest BCUT2D eigenvalue weighted by atomic mass is 10.1. The lowest BCUT2D eigenvalue weighted by Gasteiger charge is -2.15. The number of amides is 1. The largest absolute Gasteiger partial charge is 0.471 e. The fraction of sp³-hybridized carbons (Fsp3) is 0.400. The third-order valence-electron chi connectivity index (χ3n) is 3.89. The van der Waals surface area contributed by atoms with Crippen molar-refractivity contribution in [1.82, 2.24) is 15.2 Å². The van der Waals surface area contributed by atoms with Crippen LogP contribution >= 0.6 is 0 Å². The summed E-state index contributed by atoms with van der Waals surface area (Å²) in [6.07, 6.45) is -3.92. The molecule has 3 rings (SSSR count). The SMILES string of the molecule is CC1CC1C(=O)N(O)Cc1ccc(-c2noc(C(F)(F)F)n2)cc1. The minimum atomic E-state index is -4.69. The van der Waals surface area contributed by atoms with Gasteiger partial charge in [-0.3, -0.25) is 10.0 Å². The number of carbonyl (C=O) groups excluding carboxylic acids is 1. The average molecular weight is 341 g/mol. The second-order valence-corrected chi connectivity index (χ2v) is 5.83. The van der Waals surface area contributed by atoms with Crippen molar-refractivity contribution < 1.29 is 27.7 Å². The van der Waals surface area contributed by atoms with Gasteiger partial charge in [0.15, 0.2) is 0 Å². The zero-order valence-corrected chi connectivity index (χ0v) is 12.6. The minimum absolute atomic E-state index is 0.00236. The molecule has 1 amide bonds. The van der Waals surface area contributed by atoms with Crippen LogP contribution in [-0.2, 0) is 17.5 Å². The molecule has 1 saturated carbocycles. The molecule has 0 spiro atoms. The molecular formula is C15H14F3N3O3. The molecule has 0 aliphatic heterocycles. The van der Waals surface area contributed by atoms with Crippen LogP contribution in [0.2, 0.25) is 0 Å². The highest BCUT2D eigenvalue weighted by molar-refractivity contribution is 5.80. The first-order valence-electron chi connectivity index (χ1n) is 7.26. The van der Waals surface area contributed by atoms with E-state index in [4.69, 9.17) is 0 Å². The van der Waals surface area contributed by atoms with Gasteiger partial charge in [-0.05, 0) is 17.9 Å². The lowest BCUT2D eigenvalue weighted by molar-refractivity contribution is -0.169. The molecule has 1 N–H and O–H groups in total. The molecule has 1 fully saturated rings. The summed E-state index contributed by atoms with van der Waals surface area (Å²) in [7, 11) is 0. The van der Waals surface area contributed by atoms with Gasteiger partial charge in [-0.1, -0.05) is 36.3 Å². The van der Waals surface area contributed by atoms with E-state index < -0.39 is 12.1 Å². The second-order valence-electron chi connectivity index (χ2n) is 5.83. The van der Waals surface area contributed by atoms with Crippen molar-refractivity contribution in [2.24, 2.45) is 11.8 Å². The van der Waals surface area contributed by atoms with Crippen LogP contribution in [0.4, 0.5) is 13.2 Å². The number of alkyl halides is 3. The van der Waals surface area contributed by atoms with Gasteiger partial charge in [0.2, 0.25) is 11.7 Å². The van der Waals surface area contributed by atoms with Gasteiger partial charge in [-0.2, -0.15) is 18.2 Å². The van der Waals surface area contributed by atoms with Crippen molar-refractivity contribution in [1.29, 1.82) is 0 Å². The predicted octanol–water partition coefficient (Wildman–Crippen LogP) is 3.13. The van der Waals surface area contributed by atoms with Crippen molar-refractivity contribution in [2.75, 3.05) is 0 Å². The Kier molecular flexibility index (Phi) is 4.04. The molecule has 1 aliphatic rings. The first-order chi connectivity index (χ1) is 11.3. The van der Waals surface area contributed by atoms with Crippen LogP contribution in [-0.4, -0.2) is 26.3 Å². The van der Waals surface area contributed by atoms with E-state index in [1.165, 1.54) is 12.1 Å². The highest BCUT2D eigenvalue weighted by atomic mass is 19.4. The Balaban J connectivity index is 1.67. The molecule has 6 nitrogen and oxygen atoms in total. The van der Waals surface area contributed by atoms with Crippen LogP contribution < -0.4 is 0 Å². The van der Waals surface area contributed by atoms with Crippen molar-refractivity contribution in [3.63, 3.8) is 0 Å². The normalized spacial score (nSPS) is 20.0. The number of nitrogens with zero attached hydrogens (tertiary/aromatic N) is 3. The fourth-order valence-electron chi connectivity index (χ4n) is 2.32. The van der Waals surface area contributed by atoms with Gasteiger partial charge in [0.05, 0.1) is 6.54 Å². The van der Waals surface area contributed by atoms with E-state index in [1.54, 1.807) is 12.1 Å². The molecule has 1 heterocycles. The van der Waals surface area contributed by atoms with Crippen molar-refractivity contribution in [3.05, 3.63) is 35.7 Å². The molecule has 1 aromatic heterocycles. The zero-order chi connectivity index (χ0) is 17.5. The van der Waals surface area contributed by atoms with Crippen molar-refractivity contribution in [2.45, 2.75) is 26.1 Å². The van der Waals surface area contributed by atoms with E-state index >= 15 is 0 Å². The Labute approximate surface area is 134 Å². The zero-order valence-electron chi connectivity index (χ0n) is 12.6. The number of aromatic nitrogens is 2. The molecule has 128 valence electrons. The molecule has 0 bridgehead atoms. The van der Waals surface area contributed by atoms with Gasteiger partial charge in [0.25, 0.3) is 0 Å². The summed E-state index contributed by atoms with van der Waals surface area (Å²) in [5.41, 5.74) is 0.965. The van der Waals surface area contributed by atoms with Crippen LogP contribution in [0.25, 0.3) is 11.4 Å². The maximum absolute atomic E-state index is 12.4. The standard InChI is InChI=1S/C15H14F3N3O3/c1-8-6-11(8)13(22)21(23)7-9-2-4-10(5-3-9)12-19-14(24-20-12)15(16,17)18/h2-5,8,11,23H,6-7H2,1H3. The highest BCUT2D eigenvalue weighted by Gasteiger charge is 2.41. The Morgan fingerprint density at radius 3 is 2.50 bits per heavy atom. The third-order valence-corrected chi connectivity index (χ3v) is 3.89. The number of halogens is 3. The molecular weight excluding hydrogens is 327 g/mol. The quantitative estimate of drug-likeness (QED) is 0.683. The van der Waals surface area contributed by atoms with Gasteiger partial charge in [-0.15, -0.1) is 0 Å². The lowest BCUT2D eigenvalue weighted by Crippen LogP contribution is -2.28. The average Bonchev–Trinajstić information content (AvgIpc) is 3.04. The fourth-order valence-corrected chi connectivity index (χ4v) is 2.32. The predicted molar refractivity (Wildman–Crippen MR) is 74.3 cm³/mol. The molecule has 24 heavy (non-hydrogen) atoms. The Morgan fingerprint density at radius 2 is 2.00 bits per heavy atom. The third kappa shape index (κ3) is 3.40. The Bertz CT molecular complexity index is 742. The second kappa shape index (κ2) is 5.90. The van der Waals surface area contributed by atoms with Crippen LogP contribution in [0.15, 0.2) is 28.8 Å². The van der Waals surface area contributed by atoms with E-state index in [-0.39, 0.29) is 30.1 Å². The summed E-state index contributed by atoms with van der Waals surface area (Å²) in [5, 5.41) is 13.8. The first kappa shape index (κ1) is 16.4. The first-order valence-corrected chi connectivity index (χ1v) is 7.26. The van der Waals surface area contributed by atoms with E-state index in [0.717, 1.165) is 6.42 Å². The Hall–Kier alpha value is -2.42. The van der Waals surface area contributed by atoms with Crippen LogP contribution in [0.5, 0.6) is 0 Å². The number of hydrogen-bond acceptors (Lipinski definition) is 5. The van der Waals surface area contributed by atoms with Crippen molar-refractivity contribution >= 4 is 5.91 Å².